The summed E-state index contributed by atoms with van der Waals surface area (Å²) >= 11 is -1.33. The Balaban J connectivity index is 1.84. The molecule has 158 valence electrons. The van der Waals surface area contributed by atoms with Crippen LogP contribution in [0.5, 0.6) is 0 Å². The number of aryl methyl sites for hydroxylation is 1. The van der Waals surface area contributed by atoms with Crippen LogP contribution in [0.4, 0.5) is 10.5 Å². The summed E-state index contributed by atoms with van der Waals surface area (Å²) in [5, 5.41) is 3.78. The second kappa shape index (κ2) is 8.19. The lowest BCUT2D eigenvalue weighted by molar-refractivity contribution is 0.0500. The maximum absolute atomic E-state index is 13.0. The molecule has 9 nitrogen and oxygen atoms in total. The molecule has 1 amide bonds. The number of hydrogen-bond donors (Lipinski definition) is 1. The Labute approximate surface area is 172 Å². The summed E-state index contributed by atoms with van der Waals surface area (Å²) in [6.45, 7) is 6.68. The number of hydrogen-bond acceptors (Lipinski definition) is 7. The molecule has 2 aromatic heterocycles. The van der Waals surface area contributed by atoms with Gasteiger partial charge >= 0.3 is 11.2 Å². The summed E-state index contributed by atoms with van der Waals surface area (Å²) in [5.74, 6) is 0. The average molecular weight is 422 g/mol. The molecule has 1 aliphatic heterocycles. The molecular formula is C19H27N5O4S. The van der Waals surface area contributed by atoms with E-state index in [1.807, 2.05) is 25.7 Å². The Kier molecular flexibility index (Phi) is 6.04. The Morgan fingerprint density at radius 3 is 2.79 bits per heavy atom. The highest BCUT2D eigenvalue weighted by Crippen LogP contribution is 2.21. The van der Waals surface area contributed by atoms with Crippen molar-refractivity contribution < 1.29 is 14.1 Å². The van der Waals surface area contributed by atoms with Crippen molar-refractivity contribution >= 4 is 34.0 Å². The van der Waals surface area contributed by atoms with Gasteiger partial charge in [0.15, 0.2) is 5.65 Å². The van der Waals surface area contributed by atoms with E-state index in [9.17, 15) is 14.1 Å². The second-order valence-electron chi connectivity index (χ2n) is 8.21. The van der Waals surface area contributed by atoms with E-state index in [0.717, 1.165) is 12.8 Å². The van der Waals surface area contributed by atoms with Crippen molar-refractivity contribution in [1.29, 1.82) is 0 Å². The van der Waals surface area contributed by atoms with Gasteiger partial charge in [-0.1, -0.05) is 0 Å². The van der Waals surface area contributed by atoms with Gasteiger partial charge in [-0.15, -0.1) is 0 Å². The molecule has 0 aliphatic carbocycles. The van der Waals surface area contributed by atoms with E-state index in [2.05, 4.69) is 15.3 Å². The molecule has 3 rings (SSSR count). The molecule has 10 heteroatoms. The molecule has 0 spiro atoms. The standard InChI is InChI=1S/C19H27N5O4S/c1-19(2,3)28-18(26)21-13-7-6-8-24(11-13)14-9-12-10-20-17(29(5)27)22-15(12)23(4)16(14)25/h9-10,13H,6-8,11H2,1-5H3,(H,21,26). The van der Waals surface area contributed by atoms with E-state index in [-0.39, 0.29) is 16.8 Å². The quantitative estimate of drug-likeness (QED) is 0.591. The molecule has 1 aliphatic rings. The summed E-state index contributed by atoms with van der Waals surface area (Å²) < 4.78 is 18.4. The van der Waals surface area contributed by atoms with Gasteiger partial charge in [-0.25, -0.2) is 4.79 Å². The number of alkyl carbamates (subject to hydrolysis) is 1. The number of piperidine rings is 1. The Bertz CT molecular complexity index is 969. The minimum absolute atomic E-state index is 0.111. The topological polar surface area (TPSA) is 112 Å². The molecular weight excluding hydrogens is 394 g/mol. The van der Waals surface area contributed by atoms with Crippen LogP contribution in [0.3, 0.4) is 0 Å². The van der Waals surface area contributed by atoms with Gasteiger partial charge in [-0.2, -0.15) is 9.97 Å². The highest BCUT2D eigenvalue weighted by atomic mass is 32.2. The van der Waals surface area contributed by atoms with E-state index in [0.29, 0.717) is 29.8 Å². The maximum atomic E-state index is 13.0. The van der Waals surface area contributed by atoms with Crippen LogP contribution in [0, 0.1) is 0 Å². The molecule has 0 bridgehead atoms. The third-order valence-corrected chi connectivity index (χ3v) is 5.36. The van der Waals surface area contributed by atoms with Crippen LogP contribution in [-0.4, -0.2) is 56.2 Å². The number of nitrogens with zero attached hydrogens (tertiary/aromatic N) is 4. The summed E-state index contributed by atoms with van der Waals surface area (Å²) in [5.41, 5.74) is 0.222. The highest BCUT2D eigenvalue weighted by molar-refractivity contribution is 7.90. The van der Waals surface area contributed by atoms with Gasteiger partial charge in [0.2, 0.25) is 0 Å². The summed E-state index contributed by atoms with van der Waals surface area (Å²) in [4.78, 5) is 35.4. The number of amides is 1. The van der Waals surface area contributed by atoms with Crippen molar-refractivity contribution in [2.24, 2.45) is 7.05 Å². The van der Waals surface area contributed by atoms with E-state index in [1.54, 1.807) is 19.3 Å². The Hall–Kier alpha value is -2.33. The second-order valence-corrected chi connectivity index (χ2v) is 9.48. The van der Waals surface area contributed by atoms with E-state index in [4.69, 9.17) is 4.74 Å². The molecule has 0 saturated carbocycles. The summed E-state index contributed by atoms with van der Waals surface area (Å²) in [6, 6.07) is 1.65. The number of ether oxygens (including phenoxy) is 1. The van der Waals surface area contributed by atoms with Crippen LogP contribution in [0.25, 0.3) is 11.0 Å². The van der Waals surface area contributed by atoms with Gasteiger partial charge in [0.05, 0.1) is 0 Å². The van der Waals surface area contributed by atoms with Gasteiger partial charge in [-0.05, 0) is 39.7 Å². The lowest BCUT2D eigenvalue weighted by Gasteiger charge is -2.34. The number of carbonyl (C=O) groups is 1. The first-order valence-electron chi connectivity index (χ1n) is 9.50. The average Bonchev–Trinajstić information content (AvgIpc) is 2.62. The predicted molar refractivity (Wildman–Crippen MR) is 112 cm³/mol. The number of carbonyl (C=O) groups excluding carboxylic acids is 1. The molecule has 29 heavy (non-hydrogen) atoms. The van der Waals surface area contributed by atoms with Crippen molar-refractivity contribution in [3.8, 4) is 0 Å². The molecule has 1 saturated heterocycles. The molecule has 2 aromatic rings. The normalized spacial score (nSPS) is 18.6. The predicted octanol–water partition coefficient (Wildman–Crippen LogP) is 1.56. The molecule has 2 unspecified atom stereocenters. The summed E-state index contributed by atoms with van der Waals surface area (Å²) in [6.07, 6.45) is 4.29. The largest absolute Gasteiger partial charge is 0.609 e. The molecule has 0 aromatic carbocycles. The van der Waals surface area contributed by atoms with Gasteiger partial charge in [0.25, 0.3) is 5.56 Å². The van der Waals surface area contributed by atoms with Gasteiger partial charge < -0.3 is 19.5 Å². The number of aromatic nitrogens is 3. The zero-order valence-electron chi connectivity index (χ0n) is 17.4. The van der Waals surface area contributed by atoms with Crippen LogP contribution >= 0.6 is 0 Å². The maximum Gasteiger partial charge on any atom is 0.407 e. The summed E-state index contributed by atoms with van der Waals surface area (Å²) in [7, 11) is 1.64. The van der Waals surface area contributed by atoms with Crippen LogP contribution in [0.1, 0.15) is 33.6 Å². The fourth-order valence-electron chi connectivity index (χ4n) is 3.37. The Morgan fingerprint density at radius 2 is 2.14 bits per heavy atom. The number of rotatable bonds is 3. The van der Waals surface area contributed by atoms with Crippen LogP contribution < -0.4 is 15.8 Å². The highest BCUT2D eigenvalue weighted by Gasteiger charge is 2.26. The smallest absolute Gasteiger partial charge is 0.407 e. The lowest BCUT2D eigenvalue weighted by atomic mass is 10.1. The molecule has 0 radical (unpaired) electrons. The SMILES string of the molecule is Cn1c(=O)c(N2CCCC(NC(=O)OC(C)(C)C)C2)cc2cnc([S+](C)[O-])nc21. The van der Waals surface area contributed by atoms with Crippen molar-refractivity contribution in [3.05, 3.63) is 22.6 Å². The molecule has 1 fully saturated rings. The van der Waals surface area contributed by atoms with Gasteiger partial charge in [0, 0.05) is 48.9 Å². The first-order valence-corrected chi connectivity index (χ1v) is 11.1. The zero-order chi connectivity index (χ0) is 21.3. The Morgan fingerprint density at radius 1 is 1.41 bits per heavy atom. The molecule has 3 heterocycles. The number of anilines is 1. The minimum atomic E-state index is -1.33. The van der Waals surface area contributed by atoms with Crippen molar-refractivity contribution in [2.75, 3.05) is 24.2 Å². The van der Waals surface area contributed by atoms with Crippen LogP contribution in [-0.2, 0) is 23.0 Å². The van der Waals surface area contributed by atoms with Crippen molar-refractivity contribution in [1.82, 2.24) is 19.9 Å². The monoisotopic (exact) mass is 421 g/mol. The zero-order valence-corrected chi connectivity index (χ0v) is 18.2. The third-order valence-electron chi connectivity index (χ3n) is 4.65. The fourth-order valence-corrected chi connectivity index (χ4v) is 3.78. The van der Waals surface area contributed by atoms with E-state index in [1.165, 1.54) is 10.8 Å². The first-order chi connectivity index (χ1) is 13.5. The minimum Gasteiger partial charge on any atom is -0.609 e. The van der Waals surface area contributed by atoms with Crippen LogP contribution in [0.2, 0.25) is 0 Å². The van der Waals surface area contributed by atoms with E-state index >= 15 is 0 Å². The molecule has 2 atom stereocenters. The van der Waals surface area contributed by atoms with Gasteiger partial charge in [-0.3, -0.25) is 9.36 Å². The third kappa shape index (κ3) is 4.99. The van der Waals surface area contributed by atoms with Crippen molar-refractivity contribution in [2.45, 2.75) is 50.4 Å². The van der Waals surface area contributed by atoms with Crippen molar-refractivity contribution in [3.63, 3.8) is 0 Å². The molecule has 1 N–H and O–H groups in total. The fraction of sp³-hybridized carbons (Fsp3) is 0.579. The number of nitrogens with one attached hydrogen (secondary N) is 1. The van der Waals surface area contributed by atoms with Gasteiger partial charge in [0.1, 0.15) is 17.5 Å². The number of pyridine rings is 1. The van der Waals surface area contributed by atoms with E-state index < -0.39 is 22.9 Å². The number of fused-ring (bicyclic) bond motifs is 1. The van der Waals surface area contributed by atoms with Crippen LogP contribution in [0.15, 0.2) is 22.2 Å². The lowest BCUT2D eigenvalue weighted by Crippen LogP contribution is -2.50. The first kappa shape index (κ1) is 21.4.